The molecule has 0 bridgehead atoms. The van der Waals surface area contributed by atoms with Crippen molar-refractivity contribution >= 4 is 11.7 Å². The van der Waals surface area contributed by atoms with Crippen LogP contribution in [0.2, 0.25) is 0 Å². The fourth-order valence-electron chi connectivity index (χ4n) is 2.55. The summed E-state index contributed by atoms with van der Waals surface area (Å²) in [6, 6.07) is 5.57. The number of H-pyrrole nitrogens is 1. The molecule has 0 saturated heterocycles. The minimum atomic E-state index is -0.359. The molecule has 0 fully saturated rings. The lowest BCUT2D eigenvalue weighted by atomic mass is 9.89. The Bertz CT molecular complexity index is 725. The molecule has 0 atom stereocenters. The van der Waals surface area contributed by atoms with Crippen LogP contribution >= 0.6 is 0 Å². The first kappa shape index (κ1) is 12.4. The molecule has 0 radical (unpaired) electrons. The molecule has 1 aliphatic carbocycles. The second-order valence-corrected chi connectivity index (χ2v) is 4.60. The second-order valence-electron chi connectivity index (χ2n) is 4.60. The summed E-state index contributed by atoms with van der Waals surface area (Å²) in [5.74, 6) is -0.359. The average Bonchev–Trinajstić information content (AvgIpc) is 2.91. The molecule has 1 heterocycles. The Kier molecular flexibility index (Phi) is 2.99. The zero-order valence-electron chi connectivity index (χ0n) is 11.1. The predicted octanol–water partition coefficient (Wildman–Crippen LogP) is 2.90. The monoisotopic (exact) mass is 267 g/mol. The van der Waals surface area contributed by atoms with Gasteiger partial charge in [-0.15, -0.1) is 0 Å². The van der Waals surface area contributed by atoms with Crippen molar-refractivity contribution in [3.05, 3.63) is 46.4 Å². The number of nitrogens with one attached hydrogen (secondary N) is 1. The predicted molar refractivity (Wildman–Crippen MR) is 73.7 cm³/mol. The molecular weight excluding hydrogens is 254 g/mol. The molecule has 0 aliphatic heterocycles. The van der Waals surface area contributed by atoms with Gasteiger partial charge in [-0.05, 0) is 25.3 Å². The highest BCUT2D eigenvalue weighted by Gasteiger charge is 2.25. The fourth-order valence-corrected chi connectivity index (χ4v) is 2.55. The number of aromatic nitrogens is 2. The average molecular weight is 267 g/mol. The molecule has 2 aromatic rings. The van der Waals surface area contributed by atoms with Crippen LogP contribution in [0.25, 0.3) is 16.1 Å². The highest BCUT2D eigenvalue weighted by atomic mass is 16.5. The van der Waals surface area contributed by atoms with Crippen LogP contribution in [0.15, 0.2) is 18.2 Å². The molecule has 0 saturated carbocycles. The zero-order valence-corrected chi connectivity index (χ0v) is 11.1. The van der Waals surface area contributed by atoms with Crippen LogP contribution in [0.5, 0.6) is 0 Å². The fraction of sp³-hybridized carbons (Fsp3) is 0.267. The highest BCUT2D eigenvalue weighted by Crippen LogP contribution is 2.35. The smallest absolute Gasteiger partial charge is 0.356 e. The first-order chi connectivity index (χ1) is 9.74. The Labute approximate surface area is 116 Å². The summed E-state index contributed by atoms with van der Waals surface area (Å²) in [6.45, 7) is 9.18. The summed E-state index contributed by atoms with van der Waals surface area (Å²) in [6.07, 6.45) is 1.53. The summed E-state index contributed by atoms with van der Waals surface area (Å²) < 4.78 is 5.03. The molecule has 1 N–H and O–H groups in total. The maximum atomic E-state index is 11.9. The van der Waals surface area contributed by atoms with E-state index in [2.05, 4.69) is 15.0 Å². The Morgan fingerprint density at radius 2 is 2.35 bits per heavy atom. The van der Waals surface area contributed by atoms with E-state index in [9.17, 15) is 4.79 Å². The van der Waals surface area contributed by atoms with Crippen LogP contribution in [-0.4, -0.2) is 22.8 Å². The minimum Gasteiger partial charge on any atom is -0.461 e. The van der Waals surface area contributed by atoms with E-state index in [1.165, 1.54) is 0 Å². The van der Waals surface area contributed by atoms with Crippen LogP contribution in [0.1, 0.15) is 28.5 Å². The van der Waals surface area contributed by atoms with E-state index in [0.29, 0.717) is 18.0 Å². The van der Waals surface area contributed by atoms with Crippen molar-refractivity contribution < 1.29 is 9.53 Å². The zero-order chi connectivity index (χ0) is 14.1. The summed E-state index contributed by atoms with van der Waals surface area (Å²) in [5.41, 5.74) is 4.88. The highest BCUT2D eigenvalue weighted by molar-refractivity contribution is 5.92. The van der Waals surface area contributed by atoms with Gasteiger partial charge in [-0.25, -0.2) is 9.64 Å². The standard InChI is InChI=1S/C15H13N3O2/c1-3-20-15(19)14-12-6-4-9-8-10(16-2)5-7-11(9)13(12)17-18-14/h5,7-8H,3-4,6H2,1H3,(H,17,18). The normalized spacial score (nSPS) is 12.2. The third kappa shape index (κ3) is 1.86. The van der Waals surface area contributed by atoms with Gasteiger partial charge in [0.25, 0.3) is 0 Å². The number of nitrogens with zero attached hydrogens (tertiary/aromatic N) is 2. The van der Waals surface area contributed by atoms with E-state index < -0.39 is 0 Å². The number of hydrogen-bond donors (Lipinski definition) is 1. The van der Waals surface area contributed by atoms with Gasteiger partial charge in [0.05, 0.1) is 18.9 Å². The number of hydrogen-bond acceptors (Lipinski definition) is 3. The Morgan fingerprint density at radius 3 is 3.10 bits per heavy atom. The van der Waals surface area contributed by atoms with E-state index in [4.69, 9.17) is 11.3 Å². The molecular formula is C15H13N3O2. The first-order valence-corrected chi connectivity index (χ1v) is 6.49. The van der Waals surface area contributed by atoms with Crippen LogP contribution in [0, 0.1) is 6.57 Å². The molecule has 20 heavy (non-hydrogen) atoms. The van der Waals surface area contributed by atoms with Crippen molar-refractivity contribution in [2.24, 2.45) is 0 Å². The van der Waals surface area contributed by atoms with Gasteiger partial charge in [-0.3, -0.25) is 5.10 Å². The van der Waals surface area contributed by atoms with Crippen molar-refractivity contribution in [2.45, 2.75) is 19.8 Å². The quantitative estimate of drug-likeness (QED) is 0.672. The van der Waals surface area contributed by atoms with E-state index in [-0.39, 0.29) is 5.97 Å². The lowest BCUT2D eigenvalue weighted by Gasteiger charge is -2.16. The van der Waals surface area contributed by atoms with Gasteiger partial charge in [0.15, 0.2) is 5.69 Å². The van der Waals surface area contributed by atoms with E-state index >= 15 is 0 Å². The summed E-state index contributed by atoms with van der Waals surface area (Å²) >= 11 is 0. The Balaban J connectivity index is 2.06. The first-order valence-electron chi connectivity index (χ1n) is 6.49. The summed E-state index contributed by atoms with van der Waals surface area (Å²) in [4.78, 5) is 15.3. The second kappa shape index (κ2) is 4.82. The lowest BCUT2D eigenvalue weighted by molar-refractivity contribution is 0.0518. The van der Waals surface area contributed by atoms with Crippen LogP contribution in [-0.2, 0) is 17.6 Å². The molecule has 5 nitrogen and oxygen atoms in total. The largest absolute Gasteiger partial charge is 0.461 e. The number of fused-ring (bicyclic) bond motifs is 3. The van der Waals surface area contributed by atoms with Crippen molar-refractivity contribution in [2.75, 3.05) is 6.61 Å². The number of benzene rings is 1. The van der Waals surface area contributed by atoms with Gasteiger partial charge in [0.2, 0.25) is 0 Å². The number of esters is 1. The SMILES string of the molecule is [C-]#[N+]c1ccc2c(c1)CCc1c-2n[nH]c1C(=O)OCC. The lowest BCUT2D eigenvalue weighted by Crippen LogP contribution is -2.10. The van der Waals surface area contributed by atoms with Crippen LogP contribution in [0.3, 0.4) is 0 Å². The molecule has 1 aromatic carbocycles. The Hall–Kier alpha value is -2.61. The summed E-state index contributed by atoms with van der Waals surface area (Å²) in [7, 11) is 0. The van der Waals surface area contributed by atoms with E-state index in [1.54, 1.807) is 13.0 Å². The molecule has 0 amide bonds. The number of rotatable bonds is 2. The van der Waals surface area contributed by atoms with Gasteiger partial charge in [-0.1, -0.05) is 18.2 Å². The third-order valence-corrected chi connectivity index (χ3v) is 3.46. The molecule has 1 aliphatic rings. The van der Waals surface area contributed by atoms with Gasteiger partial charge >= 0.3 is 5.97 Å². The molecule has 0 unspecified atom stereocenters. The number of carbonyl (C=O) groups is 1. The molecule has 5 heteroatoms. The van der Waals surface area contributed by atoms with Crippen molar-refractivity contribution in [3.63, 3.8) is 0 Å². The van der Waals surface area contributed by atoms with Gasteiger partial charge in [0.1, 0.15) is 5.69 Å². The Morgan fingerprint density at radius 1 is 1.50 bits per heavy atom. The van der Waals surface area contributed by atoms with Crippen molar-refractivity contribution in [3.8, 4) is 11.3 Å². The molecule has 100 valence electrons. The van der Waals surface area contributed by atoms with Gasteiger partial charge in [-0.2, -0.15) is 5.10 Å². The molecule has 1 aromatic heterocycles. The van der Waals surface area contributed by atoms with Gasteiger partial charge < -0.3 is 4.74 Å². The van der Waals surface area contributed by atoms with E-state index in [1.807, 2.05) is 12.1 Å². The van der Waals surface area contributed by atoms with Crippen molar-refractivity contribution in [1.29, 1.82) is 0 Å². The number of aromatic amines is 1. The third-order valence-electron chi connectivity index (χ3n) is 3.46. The van der Waals surface area contributed by atoms with Crippen molar-refractivity contribution in [1.82, 2.24) is 10.2 Å². The maximum Gasteiger partial charge on any atom is 0.356 e. The number of aryl methyl sites for hydroxylation is 1. The number of ether oxygens (including phenoxy) is 1. The van der Waals surface area contributed by atoms with Gasteiger partial charge in [0, 0.05) is 11.1 Å². The molecule has 3 rings (SSSR count). The van der Waals surface area contributed by atoms with E-state index in [0.717, 1.165) is 35.2 Å². The molecule has 0 spiro atoms. The van der Waals surface area contributed by atoms with Crippen LogP contribution in [0.4, 0.5) is 5.69 Å². The summed E-state index contributed by atoms with van der Waals surface area (Å²) in [5, 5.41) is 7.04. The van der Waals surface area contributed by atoms with Crippen LogP contribution < -0.4 is 0 Å². The maximum absolute atomic E-state index is 11.9. The minimum absolute atomic E-state index is 0.345. The topological polar surface area (TPSA) is 59.3 Å². The number of carbonyl (C=O) groups excluding carboxylic acids is 1.